The lowest BCUT2D eigenvalue weighted by molar-refractivity contribution is 0.0682. The molecule has 9 N–H and O–H groups in total. The number of benzene rings is 4. The second-order valence-corrected chi connectivity index (χ2v) is 11.3. The Morgan fingerprint density at radius 1 is 0.667 bits per heavy atom. The first-order valence-electron chi connectivity index (χ1n) is 15.4. The number of ether oxygens (including phenoxy) is 1. The molecular formula is C34H34B2N2O13. The van der Waals surface area contributed by atoms with Crippen LogP contribution in [0.3, 0.4) is 0 Å². The van der Waals surface area contributed by atoms with E-state index < -0.39 is 79.1 Å². The van der Waals surface area contributed by atoms with Crippen LogP contribution in [0.2, 0.25) is 0 Å². The third-order valence-corrected chi connectivity index (χ3v) is 7.92. The maximum atomic E-state index is 13.4. The molecule has 4 aromatic carbocycles. The molecule has 264 valence electrons. The molecule has 0 saturated carbocycles. The molecule has 0 bridgehead atoms. The Balaban J connectivity index is 1.54. The fraction of sp³-hybridized carbons (Fsp3) is 0.176. The Labute approximate surface area is 292 Å². The van der Waals surface area contributed by atoms with E-state index in [1.807, 2.05) is 0 Å². The van der Waals surface area contributed by atoms with E-state index >= 15 is 0 Å². The summed E-state index contributed by atoms with van der Waals surface area (Å²) >= 11 is 0. The van der Waals surface area contributed by atoms with Crippen LogP contribution in [0.5, 0.6) is 17.2 Å². The van der Waals surface area contributed by atoms with Gasteiger partial charge in [0.15, 0.2) is 0 Å². The van der Waals surface area contributed by atoms with Crippen molar-refractivity contribution in [3.8, 4) is 17.2 Å². The molecule has 0 heterocycles. The Hall–Kier alpha value is -5.87. The molecule has 4 aromatic rings. The van der Waals surface area contributed by atoms with Gasteiger partial charge in [0.25, 0.3) is 11.8 Å². The molecule has 0 aromatic heterocycles. The summed E-state index contributed by atoms with van der Waals surface area (Å²) in [4.78, 5) is 49.6. The Morgan fingerprint density at radius 2 is 1.18 bits per heavy atom. The molecule has 0 spiro atoms. The first-order valence-corrected chi connectivity index (χ1v) is 15.4. The zero-order valence-corrected chi connectivity index (χ0v) is 27.1. The minimum atomic E-state index is -2.11. The van der Waals surface area contributed by atoms with Crippen molar-refractivity contribution in [2.45, 2.75) is 31.3 Å². The first-order chi connectivity index (χ1) is 24.3. The van der Waals surface area contributed by atoms with Crippen molar-refractivity contribution in [2.24, 2.45) is 0 Å². The average Bonchev–Trinajstić information content (AvgIpc) is 3.11. The van der Waals surface area contributed by atoms with Crippen LogP contribution in [-0.2, 0) is 24.1 Å². The van der Waals surface area contributed by atoms with Gasteiger partial charge in [-0.1, -0.05) is 48.5 Å². The number of amides is 2. The molecule has 0 aliphatic rings. The van der Waals surface area contributed by atoms with Crippen LogP contribution in [0, 0.1) is 0 Å². The Bertz CT molecular complexity index is 1910. The smallest absolute Gasteiger partial charge is 0.478 e. The van der Waals surface area contributed by atoms with Gasteiger partial charge in [-0.3, -0.25) is 9.59 Å². The van der Waals surface area contributed by atoms with Gasteiger partial charge in [-0.25, -0.2) is 9.59 Å². The normalized spacial score (nSPS) is 11.9. The molecular weight excluding hydrogens is 666 g/mol. The van der Waals surface area contributed by atoms with E-state index in [4.69, 9.17) is 9.39 Å². The van der Waals surface area contributed by atoms with Crippen LogP contribution in [0.1, 0.15) is 58.1 Å². The molecule has 4 rings (SSSR count). The van der Waals surface area contributed by atoms with E-state index in [1.54, 1.807) is 18.2 Å². The van der Waals surface area contributed by atoms with Gasteiger partial charge < -0.3 is 55.5 Å². The number of nitrogens with one attached hydrogen (secondary N) is 2. The SMILES string of the molecule is COc1cccc(C(=O)NC(Cc2cccc(C(=O)O)c2O)B(O)OCc2ccccc2C(=O)NC(Cc2cccc(C(=O)O)c2O)B(O)O)c1. The second-order valence-electron chi connectivity index (χ2n) is 11.3. The number of para-hydroxylation sites is 2. The summed E-state index contributed by atoms with van der Waals surface area (Å²) in [5.74, 6) is -7.66. The van der Waals surface area contributed by atoms with Crippen molar-refractivity contribution in [1.82, 2.24) is 10.6 Å². The molecule has 0 fully saturated rings. The van der Waals surface area contributed by atoms with Crippen LogP contribution in [-0.4, -0.2) is 92.5 Å². The van der Waals surface area contributed by atoms with Gasteiger partial charge in [0.05, 0.1) is 25.6 Å². The van der Waals surface area contributed by atoms with Gasteiger partial charge in [0, 0.05) is 11.1 Å². The van der Waals surface area contributed by atoms with Crippen LogP contribution in [0.4, 0.5) is 0 Å². The average molecular weight is 700 g/mol. The fourth-order valence-electron chi connectivity index (χ4n) is 5.21. The van der Waals surface area contributed by atoms with E-state index in [9.17, 15) is 54.7 Å². The summed E-state index contributed by atoms with van der Waals surface area (Å²) in [6, 6.07) is 20.1. The van der Waals surface area contributed by atoms with Gasteiger partial charge >= 0.3 is 26.2 Å². The minimum absolute atomic E-state index is 0.00243. The molecule has 17 heteroatoms. The highest BCUT2D eigenvalue weighted by molar-refractivity contribution is 6.45. The summed E-state index contributed by atoms with van der Waals surface area (Å²) < 4.78 is 10.9. The molecule has 51 heavy (non-hydrogen) atoms. The van der Waals surface area contributed by atoms with Crippen molar-refractivity contribution in [1.29, 1.82) is 0 Å². The number of carbonyl (C=O) groups is 4. The van der Waals surface area contributed by atoms with Crippen molar-refractivity contribution >= 4 is 38.0 Å². The molecule has 2 unspecified atom stereocenters. The van der Waals surface area contributed by atoms with E-state index in [1.165, 1.54) is 73.8 Å². The number of carboxylic acid groups (broad SMARTS) is 2. The summed E-state index contributed by atoms with van der Waals surface area (Å²) in [6.07, 6.45) is -0.629. The van der Waals surface area contributed by atoms with E-state index in [0.717, 1.165) is 0 Å². The third kappa shape index (κ3) is 9.64. The summed E-state index contributed by atoms with van der Waals surface area (Å²) in [6.45, 7) is -0.411. The molecule has 0 radical (unpaired) electrons. The summed E-state index contributed by atoms with van der Waals surface area (Å²) in [7, 11) is -2.47. The largest absolute Gasteiger partial charge is 0.507 e. The van der Waals surface area contributed by atoms with Crippen LogP contribution in [0.25, 0.3) is 0 Å². The summed E-state index contributed by atoms with van der Waals surface area (Å²) in [5, 5.41) is 76.1. The van der Waals surface area contributed by atoms with Gasteiger partial charge in [-0.05, 0) is 65.9 Å². The Morgan fingerprint density at radius 3 is 1.75 bits per heavy atom. The summed E-state index contributed by atoms with van der Waals surface area (Å²) in [5.41, 5.74) is -0.282. The quantitative estimate of drug-likeness (QED) is 0.0752. The highest BCUT2D eigenvalue weighted by Gasteiger charge is 2.32. The zero-order chi connectivity index (χ0) is 37.2. The zero-order valence-electron chi connectivity index (χ0n) is 27.1. The molecule has 2 amide bonds. The predicted molar refractivity (Wildman–Crippen MR) is 182 cm³/mol. The third-order valence-electron chi connectivity index (χ3n) is 7.92. The fourth-order valence-corrected chi connectivity index (χ4v) is 5.21. The van der Waals surface area contributed by atoms with Crippen molar-refractivity contribution in [3.63, 3.8) is 0 Å². The van der Waals surface area contributed by atoms with Crippen LogP contribution in [0.15, 0.2) is 84.9 Å². The second kappa shape index (κ2) is 17.2. The van der Waals surface area contributed by atoms with Crippen molar-refractivity contribution in [3.05, 3.63) is 124 Å². The molecule has 2 atom stereocenters. The van der Waals surface area contributed by atoms with Crippen LogP contribution >= 0.6 is 0 Å². The van der Waals surface area contributed by atoms with Crippen LogP contribution < -0.4 is 15.4 Å². The molecule has 0 aliphatic carbocycles. The number of hydrogen-bond donors (Lipinski definition) is 9. The minimum Gasteiger partial charge on any atom is -0.507 e. The maximum absolute atomic E-state index is 13.4. The highest BCUT2D eigenvalue weighted by Crippen LogP contribution is 2.26. The van der Waals surface area contributed by atoms with Crippen molar-refractivity contribution in [2.75, 3.05) is 7.11 Å². The number of aromatic hydroxyl groups is 2. The predicted octanol–water partition coefficient (Wildman–Crippen LogP) is 1.43. The molecule has 0 saturated heterocycles. The van der Waals surface area contributed by atoms with Gasteiger partial charge in [0.1, 0.15) is 28.4 Å². The van der Waals surface area contributed by atoms with E-state index in [-0.39, 0.29) is 40.7 Å². The number of carbonyl (C=O) groups excluding carboxylic acids is 2. The topological polar surface area (TPSA) is 252 Å². The lowest BCUT2D eigenvalue weighted by Gasteiger charge is -2.23. The lowest BCUT2D eigenvalue weighted by Crippen LogP contribution is -2.49. The first kappa shape index (κ1) is 37.9. The van der Waals surface area contributed by atoms with Gasteiger partial charge in [-0.15, -0.1) is 0 Å². The van der Waals surface area contributed by atoms with E-state index in [2.05, 4.69) is 10.6 Å². The lowest BCUT2D eigenvalue weighted by atomic mass is 9.74. The number of phenols is 2. The number of carboxylic acids is 2. The molecule has 0 aliphatic heterocycles. The monoisotopic (exact) mass is 700 g/mol. The highest BCUT2D eigenvalue weighted by atomic mass is 16.5. The number of rotatable bonds is 16. The number of methoxy groups -OCH3 is 1. The van der Waals surface area contributed by atoms with Gasteiger partial charge in [0.2, 0.25) is 0 Å². The number of aromatic carboxylic acids is 2. The molecule has 15 nitrogen and oxygen atoms in total. The number of hydrogen-bond acceptors (Lipinski definition) is 11. The van der Waals surface area contributed by atoms with Gasteiger partial charge in [-0.2, -0.15) is 0 Å². The maximum Gasteiger partial charge on any atom is 0.478 e. The van der Waals surface area contributed by atoms with Crippen molar-refractivity contribution < 1.29 is 64.1 Å². The van der Waals surface area contributed by atoms with E-state index in [0.29, 0.717) is 5.75 Å². The standard InChI is InChI=1S/C34H34B2N2O13/c1-50-23-11-4-10-21(15-23)31(41)38-28(17-20-9-6-14-26(30(20)40)34(45)46)36(49)51-18-22-7-2-3-12-24(22)32(42)37-27(35(47)48)16-19-8-5-13-25(29(19)39)33(43)44/h2-15,27-28,39-40,47-49H,16-18H2,1H3,(H,37,42)(H,38,41)(H,43,44)(H,45,46). The Kier molecular flexibility index (Phi) is 12.8.